The summed E-state index contributed by atoms with van der Waals surface area (Å²) in [5, 5.41) is 5.05. The zero-order chi connectivity index (χ0) is 19.6. The molecule has 0 aliphatic rings. The molecule has 0 N–H and O–H groups in total. The van der Waals surface area contributed by atoms with Gasteiger partial charge in [-0.3, -0.25) is 9.58 Å². The van der Waals surface area contributed by atoms with Crippen LogP contribution < -0.4 is 4.74 Å². The summed E-state index contributed by atoms with van der Waals surface area (Å²) in [5.41, 5.74) is 2.05. The van der Waals surface area contributed by atoms with Crippen LogP contribution in [0, 0.1) is 13.8 Å². The highest BCUT2D eigenvalue weighted by atomic mass is 35.5. The molecule has 2 aromatic rings. The lowest BCUT2D eigenvalue weighted by molar-refractivity contribution is 0.239. The van der Waals surface area contributed by atoms with E-state index in [1.54, 1.807) is 31.7 Å². The number of hydrogen-bond acceptors (Lipinski definition) is 5. The molecule has 2 rings (SSSR count). The summed E-state index contributed by atoms with van der Waals surface area (Å²) in [4.78, 5) is 2.27. The molecule has 1 aromatic heterocycles. The average molecular weight is 401 g/mol. The number of sulfonamides is 1. The van der Waals surface area contributed by atoms with E-state index in [2.05, 4.69) is 5.10 Å². The van der Waals surface area contributed by atoms with Crippen molar-refractivity contribution in [3.8, 4) is 5.75 Å². The van der Waals surface area contributed by atoms with Crippen LogP contribution >= 0.6 is 11.6 Å². The van der Waals surface area contributed by atoms with Gasteiger partial charge >= 0.3 is 0 Å². The Morgan fingerprint density at radius 3 is 2.46 bits per heavy atom. The smallest absolute Gasteiger partial charge is 0.246 e. The first kappa shape index (κ1) is 20.7. The fourth-order valence-corrected chi connectivity index (χ4v) is 4.27. The number of ether oxygens (including phenoxy) is 1. The Labute approximate surface area is 160 Å². The highest BCUT2D eigenvalue weighted by molar-refractivity contribution is 7.89. The lowest BCUT2D eigenvalue weighted by Crippen LogP contribution is -2.25. The van der Waals surface area contributed by atoms with Gasteiger partial charge in [-0.2, -0.15) is 5.10 Å². The molecule has 0 aliphatic carbocycles. The third kappa shape index (κ3) is 4.20. The predicted octanol–water partition coefficient (Wildman–Crippen LogP) is 2.50. The monoisotopic (exact) mass is 400 g/mol. The number of aromatic nitrogens is 2. The first-order chi connectivity index (χ1) is 12.1. The van der Waals surface area contributed by atoms with Crippen LogP contribution in [0.25, 0.3) is 0 Å². The van der Waals surface area contributed by atoms with Gasteiger partial charge in [-0.25, -0.2) is 12.7 Å². The van der Waals surface area contributed by atoms with E-state index < -0.39 is 10.0 Å². The lowest BCUT2D eigenvalue weighted by atomic mass is 10.2. The fourth-order valence-electron chi connectivity index (χ4n) is 2.81. The van der Waals surface area contributed by atoms with Crippen LogP contribution in [0.3, 0.4) is 0 Å². The van der Waals surface area contributed by atoms with Gasteiger partial charge in [0.25, 0.3) is 0 Å². The van der Waals surface area contributed by atoms with Crippen molar-refractivity contribution in [2.45, 2.75) is 32.0 Å². The van der Waals surface area contributed by atoms with Crippen LogP contribution in [-0.2, 0) is 23.2 Å². The summed E-state index contributed by atoms with van der Waals surface area (Å²) in [6.45, 7) is 4.49. The van der Waals surface area contributed by atoms with E-state index in [1.165, 1.54) is 18.4 Å². The van der Waals surface area contributed by atoms with Gasteiger partial charge in [0.1, 0.15) is 10.6 Å². The molecule has 26 heavy (non-hydrogen) atoms. The SMILES string of the molecule is COc1ccc(Cl)cc1CN(C)Cn1nc(C)c(S(=O)(=O)N(C)C)c1C. The van der Waals surface area contributed by atoms with Gasteiger partial charge in [0.05, 0.1) is 25.2 Å². The minimum Gasteiger partial charge on any atom is -0.496 e. The van der Waals surface area contributed by atoms with Gasteiger partial charge in [-0.05, 0) is 39.1 Å². The second-order valence-corrected chi connectivity index (χ2v) is 8.92. The molecule has 9 heteroatoms. The van der Waals surface area contributed by atoms with Gasteiger partial charge < -0.3 is 4.74 Å². The van der Waals surface area contributed by atoms with E-state index >= 15 is 0 Å². The predicted molar refractivity (Wildman–Crippen MR) is 102 cm³/mol. The average Bonchev–Trinajstić information content (AvgIpc) is 2.81. The second-order valence-electron chi connectivity index (χ2n) is 6.40. The van der Waals surface area contributed by atoms with Crippen molar-refractivity contribution in [2.24, 2.45) is 0 Å². The molecule has 0 saturated carbocycles. The minimum absolute atomic E-state index is 0.260. The lowest BCUT2D eigenvalue weighted by Gasteiger charge is -2.19. The molecule has 7 nitrogen and oxygen atoms in total. The zero-order valence-corrected chi connectivity index (χ0v) is 17.5. The van der Waals surface area contributed by atoms with Crippen LogP contribution in [0.4, 0.5) is 0 Å². The summed E-state index contributed by atoms with van der Waals surface area (Å²) in [7, 11) is 3.04. The van der Waals surface area contributed by atoms with E-state index in [-0.39, 0.29) is 4.90 Å². The van der Waals surface area contributed by atoms with Gasteiger partial charge in [-0.1, -0.05) is 11.6 Å². The van der Waals surface area contributed by atoms with E-state index in [4.69, 9.17) is 16.3 Å². The van der Waals surface area contributed by atoms with Crippen LogP contribution in [0.5, 0.6) is 5.75 Å². The second kappa shape index (κ2) is 7.96. The molecule has 1 heterocycles. The maximum atomic E-state index is 12.5. The topological polar surface area (TPSA) is 67.7 Å². The van der Waals surface area contributed by atoms with Crippen LogP contribution in [0.2, 0.25) is 5.02 Å². The maximum absolute atomic E-state index is 12.5. The number of nitrogens with zero attached hydrogens (tertiary/aromatic N) is 4. The molecule has 1 aromatic carbocycles. The third-order valence-electron chi connectivity index (χ3n) is 4.11. The molecule has 0 atom stereocenters. The Morgan fingerprint density at radius 1 is 1.23 bits per heavy atom. The minimum atomic E-state index is -3.53. The molecule has 0 bridgehead atoms. The molecule has 0 radical (unpaired) electrons. The Kier molecular flexibility index (Phi) is 6.33. The summed E-state index contributed by atoms with van der Waals surface area (Å²) in [6.07, 6.45) is 0. The number of methoxy groups -OCH3 is 1. The molecular weight excluding hydrogens is 376 g/mol. The molecule has 0 spiro atoms. The van der Waals surface area contributed by atoms with Gasteiger partial charge in [0.15, 0.2) is 0 Å². The molecule has 0 fully saturated rings. The molecular formula is C17H25ClN4O3S. The van der Waals surface area contributed by atoms with Crippen molar-refractivity contribution >= 4 is 21.6 Å². The molecule has 0 saturated heterocycles. The first-order valence-corrected chi connectivity index (χ1v) is 9.87. The van der Waals surface area contributed by atoms with E-state index in [0.29, 0.717) is 29.6 Å². The summed E-state index contributed by atoms with van der Waals surface area (Å²) < 4.78 is 33.3. The quantitative estimate of drug-likeness (QED) is 0.714. The molecule has 144 valence electrons. The third-order valence-corrected chi connectivity index (χ3v) is 6.42. The Bertz CT molecular complexity index is 894. The Hall–Kier alpha value is -1.61. The Morgan fingerprint density at radius 2 is 1.88 bits per heavy atom. The van der Waals surface area contributed by atoms with Crippen LogP contribution in [0.15, 0.2) is 23.1 Å². The van der Waals surface area contributed by atoms with Crippen LogP contribution in [-0.4, -0.2) is 55.7 Å². The van der Waals surface area contributed by atoms with E-state index in [0.717, 1.165) is 11.3 Å². The number of rotatable bonds is 7. The number of halogens is 1. The normalized spacial score (nSPS) is 12.2. The molecule has 0 aliphatic heterocycles. The standard InChI is InChI=1S/C17H25ClN4O3S/c1-12-17(26(23,24)20(3)4)13(2)22(19-12)11-21(5)10-14-9-15(18)7-8-16(14)25-6/h7-9H,10-11H2,1-6H3. The summed E-state index contributed by atoms with van der Waals surface area (Å²) >= 11 is 6.08. The van der Waals surface area contributed by atoms with E-state index in [9.17, 15) is 8.42 Å². The largest absolute Gasteiger partial charge is 0.496 e. The van der Waals surface area contributed by atoms with Gasteiger partial charge in [-0.15, -0.1) is 0 Å². The summed E-state index contributed by atoms with van der Waals surface area (Å²) in [5.74, 6) is 0.755. The van der Waals surface area contributed by atoms with Crippen molar-refractivity contribution in [3.63, 3.8) is 0 Å². The fraction of sp³-hybridized carbons (Fsp3) is 0.471. The van der Waals surface area contributed by atoms with Crippen molar-refractivity contribution < 1.29 is 13.2 Å². The van der Waals surface area contributed by atoms with Crippen molar-refractivity contribution in [1.82, 2.24) is 19.0 Å². The summed E-state index contributed by atoms with van der Waals surface area (Å²) in [6, 6.07) is 5.47. The Balaban J connectivity index is 2.26. The number of aryl methyl sites for hydroxylation is 1. The molecule has 0 unspecified atom stereocenters. The van der Waals surface area contributed by atoms with Crippen LogP contribution in [0.1, 0.15) is 17.0 Å². The first-order valence-electron chi connectivity index (χ1n) is 8.05. The molecule has 0 amide bonds. The van der Waals surface area contributed by atoms with E-state index in [1.807, 2.05) is 24.1 Å². The van der Waals surface area contributed by atoms with Gasteiger partial charge in [0.2, 0.25) is 10.0 Å². The van der Waals surface area contributed by atoms with Gasteiger partial charge in [0, 0.05) is 31.2 Å². The number of hydrogen-bond donors (Lipinski definition) is 0. The van der Waals surface area contributed by atoms with Crippen molar-refractivity contribution in [1.29, 1.82) is 0 Å². The highest BCUT2D eigenvalue weighted by Crippen LogP contribution is 2.25. The number of benzene rings is 1. The highest BCUT2D eigenvalue weighted by Gasteiger charge is 2.26. The zero-order valence-electron chi connectivity index (χ0n) is 15.9. The van der Waals surface area contributed by atoms with Crippen molar-refractivity contribution in [2.75, 3.05) is 28.3 Å². The van der Waals surface area contributed by atoms with Crippen molar-refractivity contribution in [3.05, 3.63) is 40.2 Å². The maximum Gasteiger partial charge on any atom is 0.246 e.